The Kier molecular flexibility index (Phi) is 3.25. The number of ether oxygens (including phenoxy) is 2. The monoisotopic (exact) mass is 269 g/mol. The third kappa shape index (κ3) is 2.30. The lowest BCUT2D eigenvalue weighted by Gasteiger charge is -2.00. The summed E-state index contributed by atoms with van der Waals surface area (Å²) in [6.07, 6.45) is 2.54. The maximum absolute atomic E-state index is 5.28. The SMILES string of the molecule is COc1ccc(Cc2nc3c(OC)cccn3n2)cc1. The number of pyridine rings is 1. The molecule has 0 aliphatic heterocycles. The molecule has 0 unspecified atom stereocenters. The highest BCUT2D eigenvalue weighted by Gasteiger charge is 2.08. The van der Waals surface area contributed by atoms with Gasteiger partial charge in [-0.05, 0) is 29.8 Å². The average Bonchev–Trinajstić information content (AvgIpc) is 2.90. The summed E-state index contributed by atoms with van der Waals surface area (Å²) in [7, 11) is 3.29. The van der Waals surface area contributed by atoms with E-state index in [1.165, 1.54) is 0 Å². The van der Waals surface area contributed by atoms with E-state index in [4.69, 9.17) is 9.47 Å². The quantitative estimate of drug-likeness (QED) is 0.729. The second-order valence-electron chi connectivity index (χ2n) is 4.40. The summed E-state index contributed by atoms with van der Waals surface area (Å²) in [6.45, 7) is 0. The van der Waals surface area contributed by atoms with E-state index in [1.807, 2.05) is 42.6 Å². The molecule has 0 aliphatic rings. The lowest BCUT2D eigenvalue weighted by Crippen LogP contribution is -1.92. The van der Waals surface area contributed by atoms with Crippen molar-refractivity contribution < 1.29 is 9.47 Å². The Morgan fingerprint density at radius 3 is 2.55 bits per heavy atom. The van der Waals surface area contributed by atoms with Gasteiger partial charge in [-0.3, -0.25) is 0 Å². The summed E-state index contributed by atoms with van der Waals surface area (Å²) in [4.78, 5) is 4.52. The highest BCUT2D eigenvalue weighted by atomic mass is 16.5. The minimum atomic E-state index is 0.675. The van der Waals surface area contributed by atoms with E-state index in [2.05, 4.69) is 10.1 Å². The Bertz CT molecular complexity index is 720. The van der Waals surface area contributed by atoms with E-state index >= 15 is 0 Å². The molecule has 0 aliphatic carbocycles. The Labute approximate surface area is 116 Å². The van der Waals surface area contributed by atoms with Gasteiger partial charge in [0.1, 0.15) is 5.75 Å². The second kappa shape index (κ2) is 5.21. The first-order chi connectivity index (χ1) is 9.80. The van der Waals surface area contributed by atoms with Crippen molar-refractivity contribution in [3.63, 3.8) is 0 Å². The molecular formula is C15H15N3O2. The van der Waals surface area contributed by atoms with Gasteiger partial charge in [0.25, 0.3) is 0 Å². The number of benzene rings is 1. The second-order valence-corrected chi connectivity index (χ2v) is 4.40. The van der Waals surface area contributed by atoms with E-state index in [1.54, 1.807) is 18.7 Å². The zero-order valence-electron chi connectivity index (χ0n) is 11.4. The topological polar surface area (TPSA) is 48.7 Å². The molecule has 5 nitrogen and oxygen atoms in total. The molecule has 20 heavy (non-hydrogen) atoms. The summed E-state index contributed by atoms with van der Waals surface area (Å²) in [5, 5.41) is 4.45. The molecule has 5 heteroatoms. The van der Waals surface area contributed by atoms with Crippen LogP contribution in [0.3, 0.4) is 0 Å². The molecule has 0 bridgehead atoms. The molecule has 0 spiro atoms. The van der Waals surface area contributed by atoms with Crippen molar-refractivity contribution in [3.05, 3.63) is 54.0 Å². The summed E-state index contributed by atoms with van der Waals surface area (Å²) < 4.78 is 12.2. The van der Waals surface area contributed by atoms with Gasteiger partial charge in [0, 0.05) is 12.6 Å². The molecule has 0 radical (unpaired) electrons. The van der Waals surface area contributed by atoms with Crippen molar-refractivity contribution in [2.45, 2.75) is 6.42 Å². The van der Waals surface area contributed by atoms with Crippen LogP contribution in [-0.2, 0) is 6.42 Å². The fourth-order valence-corrected chi connectivity index (χ4v) is 2.09. The summed E-state index contributed by atoms with van der Waals surface area (Å²) in [6, 6.07) is 11.7. The van der Waals surface area contributed by atoms with Crippen LogP contribution in [0.1, 0.15) is 11.4 Å². The van der Waals surface area contributed by atoms with Gasteiger partial charge >= 0.3 is 0 Å². The van der Waals surface area contributed by atoms with Crippen molar-refractivity contribution in [2.24, 2.45) is 0 Å². The predicted octanol–water partition coefficient (Wildman–Crippen LogP) is 2.34. The number of hydrogen-bond donors (Lipinski definition) is 0. The van der Waals surface area contributed by atoms with E-state index in [-0.39, 0.29) is 0 Å². The third-order valence-electron chi connectivity index (χ3n) is 3.11. The number of nitrogens with zero attached hydrogens (tertiary/aromatic N) is 3. The van der Waals surface area contributed by atoms with E-state index in [9.17, 15) is 0 Å². The molecule has 3 rings (SSSR count). The molecule has 2 aromatic heterocycles. The third-order valence-corrected chi connectivity index (χ3v) is 3.11. The number of fused-ring (bicyclic) bond motifs is 1. The standard InChI is InChI=1S/C15H15N3O2/c1-19-12-7-5-11(6-8-12)10-14-16-15-13(20-2)4-3-9-18(15)17-14/h3-9H,10H2,1-2H3. The van der Waals surface area contributed by atoms with E-state index < -0.39 is 0 Å². The van der Waals surface area contributed by atoms with Crippen molar-refractivity contribution in [3.8, 4) is 11.5 Å². The van der Waals surface area contributed by atoms with Gasteiger partial charge in [0.2, 0.25) is 0 Å². The van der Waals surface area contributed by atoms with Crippen LogP contribution in [0.15, 0.2) is 42.6 Å². The molecule has 3 aromatic rings. The zero-order chi connectivity index (χ0) is 13.9. The smallest absolute Gasteiger partial charge is 0.198 e. The number of hydrogen-bond acceptors (Lipinski definition) is 4. The molecule has 1 aromatic carbocycles. The molecule has 0 N–H and O–H groups in total. The van der Waals surface area contributed by atoms with Crippen LogP contribution in [0, 0.1) is 0 Å². The van der Waals surface area contributed by atoms with Crippen LogP contribution in [0.5, 0.6) is 11.5 Å². The van der Waals surface area contributed by atoms with Gasteiger partial charge in [-0.2, -0.15) is 5.10 Å². The first-order valence-corrected chi connectivity index (χ1v) is 6.31. The van der Waals surface area contributed by atoms with Crippen LogP contribution in [0.25, 0.3) is 5.65 Å². The fraction of sp³-hybridized carbons (Fsp3) is 0.200. The van der Waals surface area contributed by atoms with E-state index in [0.29, 0.717) is 6.42 Å². The normalized spacial score (nSPS) is 10.7. The summed E-state index contributed by atoms with van der Waals surface area (Å²) in [5.41, 5.74) is 1.87. The molecule has 0 saturated carbocycles. The first kappa shape index (κ1) is 12.5. The van der Waals surface area contributed by atoms with Gasteiger partial charge in [-0.25, -0.2) is 9.50 Å². The summed E-state index contributed by atoms with van der Waals surface area (Å²) >= 11 is 0. The van der Waals surface area contributed by atoms with Crippen molar-refractivity contribution in [1.82, 2.24) is 14.6 Å². The van der Waals surface area contributed by atoms with Gasteiger partial charge in [0.05, 0.1) is 14.2 Å². The number of rotatable bonds is 4. The van der Waals surface area contributed by atoms with Crippen LogP contribution < -0.4 is 9.47 Å². The van der Waals surface area contributed by atoms with Crippen LogP contribution in [-0.4, -0.2) is 28.8 Å². The molecular weight excluding hydrogens is 254 g/mol. The Balaban J connectivity index is 1.90. The molecule has 2 heterocycles. The van der Waals surface area contributed by atoms with Crippen LogP contribution >= 0.6 is 0 Å². The molecule has 0 saturated heterocycles. The minimum Gasteiger partial charge on any atom is -0.497 e. The largest absolute Gasteiger partial charge is 0.497 e. The Morgan fingerprint density at radius 2 is 1.85 bits per heavy atom. The Hall–Kier alpha value is -2.56. The first-order valence-electron chi connectivity index (χ1n) is 6.31. The van der Waals surface area contributed by atoms with Crippen molar-refractivity contribution >= 4 is 5.65 Å². The molecule has 0 amide bonds. The van der Waals surface area contributed by atoms with Crippen molar-refractivity contribution in [1.29, 1.82) is 0 Å². The lowest BCUT2D eigenvalue weighted by molar-refractivity contribution is 0.414. The van der Waals surface area contributed by atoms with Gasteiger partial charge in [-0.15, -0.1) is 0 Å². The fourth-order valence-electron chi connectivity index (χ4n) is 2.09. The van der Waals surface area contributed by atoms with Crippen LogP contribution in [0.4, 0.5) is 0 Å². The molecule has 0 fully saturated rings. The minimum absolute atomic E-state index is 0.675. The predicted molar refractivity (Wildman–Crippen MR) is 75.3 cm³/mol. The van der Waals surface area contributed by atoms with Crippen LogP contribution in [0.2, 0.25) is 0 Å². The van der Waals surface area contributed by atoms with E-state index in [0.717, 1.165) is 28.5 Å². The molecule has 0 atom stereocenters. The average molecular weight is 269 g/mol. The zero-order valence-corrected chi connectivity index (χ0v) is 11.4. The summed E-state index contributed by atoms with van der Waals surface area (Å²) in [5.74, 6) is 2.33. The maximum atomic E-state index is 5.28. The van der Waals surface area contributed by atoms with Crippen molar-refractivity contribution in [2.75, 3.05) is 14.2 Å². The molecule has 102 valence electrons. The van der Waals surface area contributed by atoms with Gasteiger partial charge in [-0.1, -0.05) is 12.1 Å². The highest BCUT2D eigenvalue weighted by Crippen LogP contribution is 2.18. The number of aromatic nitrogens is 3. The lowest BCUT2D eigenvalue weighted by atomic mass is 10.1. The van der Waals surface area contributed by atoms with Gasteiger partial charge in [0.15, 0.2) is 17.2 Å². The Morgan fingerprint density at radius 1 is 1.05 bits per heavy atom. The maximum Gasteiger partial charge on any atom is 0.198 e. The number of methoxy groups -OCH3 is 2. The van der Waals surface area contributed by atoms with Gasteiger partial charge < -0.3 is 9.47 Å². The highest BCUT2D eigenvalue weighted by molar-refractivity contribution is 5.52.